The molecule has 5 nitrogen and oxygen atoms in total. The molecule has 2 aromatic carbocycles. The lowest BCUT2D eigenvalue weighted by Gasteiger charge is -2.46. The molecule has 0 spiro atoms. The molecule has 48 heavy (non-hydrogen) atoms. The van der Waals surface area contributed by atoms with Gasteiger partial charge in [-0.05, 0) is 62.9 Å². The molecule has 1 fully saturated rings. The highest BCUT2D eigenvalue weighted by Crippen LogP contribution is 2.40. The summed E-state index contributed by atoms with van der Waals surface area (Å²) in [5.74, 6) is 0. The zero-order chi connectivity index (χ0) is 35.3. The van der Waals surface area contributed by atoms with Crippen LogP contribution in [0, 0.1) is 0 Å². The maximum absolute atomic E-state index is 13.8. The first kappa shape index (κ1) is 40.0. The molecule has 1 aliphatic rings. The van der Waals surface area contributed by atoms with Crippen LogP contribution < -0.4 is 10.4 Å². The fraction of sp³-hybridized carbons (Fsp3) is 0.643. The van der Waals surface area contributed by atoms with Crippen molar-refractivity contribution in [3.63, 3.8) is 0 Å². The molecule has 3 rings (SSSR count). The van der Waals surface area contributed by atoms with Crippen LogP contribution in [0.25, 0.3) is 0 Å². The van der Waals surface area contributed by atoms with Crippen molar-refractivity contribution in [1.82, 2.24) is 4.90 Å². The van der Waals surface area contributed by atoms with Crippen molar-refractivity contribution in [3.05, 3.63) is 72.8 Å². The highest BCUT2D eigenvalue weighted by atomic mass is 28.4. The third-order valence-corrected chi connectivity index (χ3v) is 14.5. The Balaban J connectivity index is 1.88. The second-order valence-corrected chi connectivity index (χ2v) is 20.4. The molecule has 268 valence electrons. The van der Waals surface area contributed by atoms with Crippen molar-refractivity contribution < 1.29 is 18.7 Å². The molecule has 0 saturated carbocycles. The van der Waals surface area contributed by atoms with Gasteiger partial charge in [-0.2, -0.15) is 0 Å². The number of benzene rings is 2. The van der Waals surface area contributed by atoms with Crippen molar-refractivity contribution >= 4 is 24.8 Å². The first-order chi connectivity index (χ1) is 22.7. The number of amides is 1. The maximum atomic E-state index is 13.8. The minimum absolute atomic E-state index is 0.205. The van der Waals surface area contributed by atoms with Crippen LogP contribution in [-0.4, -0.2) is 49.4 Å². The molecule has 6 heteroatoms. The van der Waals surface area contributed by atoms with Crippen molar-refractivity contribution in [1.29, 1.82) is 0 Å². The van der Waals surface area contributed by atoms with Gasteiger partial charge in [0.1, 0.15) is 11.3 Å². The molecule has 1 aliphatic heterocycles. The standard InChI is InChI=1S/C42H67NO4Si/c1-10-11-12-13-14-15-16-17-18-19-20-21-28-33-38(37-34-45-42(8,9)43(37)39(44)46-40(2,3)4)47-48(41(5,6)7,35-29-24-22-25-30-35)36-31-26-23-27-32-36/h22-33,37-38H,10-21,34H2,1-9H3/b33-28+/t37?,38-/m0/s1. The fourth-order valence-electron chi connectivity index (χ4n) is 7.04. The lowest BCUT2D eigenvalue weighted by molar-refractivity contribution is -0.0656. The van der Waals surface area contributed by atoms with Crippen molar-refractivity contribution in [3.8, 4) is 0 Å². The van der Waals surface area contributed by atoms with E-state index in [2.05, 4.69) is 101 Å². The van der Waals surface area contributed by atoms with Crippen LogP contribution in [0.1, 0.15) is 139 Å². The maximum Gasteiger partial charge on any atom is 0.413 e. The predicted molar refractivity (Wildman–Crippen MR) is 205 cm³/mol. The molecule has 0 aliphatic carbocycles. The minimum atomic E-state index is -2.93. The summed E-state index contributed by atoms with van der Waals surface area (Å²) in [6, 6.07) is 21.1. The van der Waals surface area contributed by atoms with E-state index < -0.39 is 25.7 Å². The normalized spacial score (nSPS) is 17.6. The second-order valence-electron chi connectivity index (χ2n) is 16.2. The topological polar surface area (TPSA) is 48.0 Å². The Morgan fingerprint density at radius 2 is 1.31 bits per heavy atom. The largest absolute Gasteiger partial charge is 0.444 e. The van der Waals surface area contributed by atoms with E-state index in [1.165, 1.54) is 74.6 Å². The smallest absolute Gasteiger partial charge is 0.413 e. The lowest BCUT2D eigenvalue weighted by atomic mass is 10.0. The van der Waals surface area contributed by atoms with Gasteiger partial charge in [0.15, 0.2) is 0 Å². The number of carbonyl (C=O) groups excluding carboxylic acids is 1. The molecule has 1 heterocycles. The quantitative estimate of drug-likeness (QED) is 0.0895. The van der Waals surface area contributed by atoms with Crippen LogP contribution in [0.4, 0.5) is 4.79 Å². The Hall–Kier alpha value is -2.41. The summed E-state index contributed by atoms with van der Waals surface area (Å²) >= 11 is 0. The fourth-order valence-corrected chi connectivity index (χ4v) is 11.7. The Bertz CT molecular complexity index is 1190. The van der Waals surface area contributed by atoms with Crippen LogP contribution in [0.15, 0.2) is 72.8 Å². The van der Waals surface area contributed by atoms with Gasteiger partial charge in [-0.25, -0.2) is 4.79 Å². The van der Waals surface area contributed by atoms with E-state index in [-0.39, 0.29) is 17.2 Å². The van der Waals surface area contributed by atoms with E-state index in [1.807, 2.05) is 34.6 Å². The van der Waals surface area contributed by atoms with Crippen molar-refractivity contribution in [2.45, 2.75) is 168 Å². The molecule has 0 N–H and O–H groups in total. The van der Waals surface area contributed by atoms with E-state index >= 15 is 0 Å². The minimum Gasteiger partial charge on any atom is -0.444 e. The van der Waals surface area contributed by atoms with E-state index in [0.29, 0.717) is 6.61 Å². The summed E-state index contributed by atoms with van der Waals surface area (Å²) in [4.78, 5) is 15.6. The molecular formula is C42H67NO4Si. The van der Waals surface area contributed by atoms with Crippen LogP contribution in [0.3, 0.4) is 0 Å². The molecule has 1 saturated heterocycles. The van der Waals surface area contributed by atoms with Gasteiger partial charge in [0.2, 0.25) is 0 Å². The van der Waals surface area contributed by atoms with Crippen molar-refractivity contribution in [2.24, 2.45) is 0 Å². The molecule has 1 amide bonds. The zero-order valence-electron chi connectivity index (χ0n) is 31.9. The first-order valence-corrected chi connectivity index (χ1v) is 20.8. The predicted octanol–water partition coefficient (Wildman–Crippen LogP) is 10.6. The summed E-state index contributed by atoms with van der Waals surface area (Å²) in [6.07, 6.45) is 19.3. The molecule has 1 unspecified atom stereocenters. The molecule has 0 radical (unpaired) electrons. The summed E-state index contributed by atoms with van der Waals surface area (Å²) in [5.41, 5.74) is -1.45. The van der Waals surface area contributed by atoms with Crippen molar-refractivity contribution in [2.75, 3.05) is 6.61 Å². The number of unbranched alkanes of at least 4 members (excludes halogenated alkanes) is 11. The van der Waals surface area contributed by atoms with E-state index in [1.54, 1.807) is 4.90 Å². The number of carbonyl (C=O) groups is 1. The van der Waals surface area contributed by atoms with Crippen LogP contribution >= 0.6 is 0 Å². The third-order valence-electron chi connectivity index (χ3n) is 9.52. The molecule has 0 bridgehead atoms. The second kappa shape index (κ2) is 18.5. The SMILES string of the molecule is CCCCCCCCCCCCC/C=C/[C@H](O[Si](c1ccccc1)(c1ccccc1)C(C)(C)C)C1COC(C)(C)N1C(=O)OC(C)(C)C. The molecule has 2 aromatic rings. The van der Waals surface area contributed by atoms with Crippen LogP contribution in [-0.2, 0) is 13.9 Å². The number of allylic oxidation sites excluding steroid dienone is 1. The number of nitrogens with zero attached hydrogens (tertiary/aromatic N) is 1. The Kier molecular flexibility index (Phi) is 15.5. The molecule has 0 aromatic heterocycles. The number of hydrogen-bond donors (Lipinski definition) is 0. The van der Waals surface area contributed by atoms with Gasteiger partial charge in [-0.15, -0.1) is 0 Å². The van der Waals surface area contributed by atoms with E-state index in [0.717, 1.165) is 12.8 Å². The Morgan fingerprint density at radius 1 is 0.833 bits per heavy atom. The first-order valence-electron chi connectivity index (χ1n) is 18.8. The average molecular weight is 678 g/mol. The van der Waals surface area contributed by atoms with Gasteiger partial charge in [-0.3, -0.25) is 4.90 Å². The molecule has 2 atom stereocenters. The van der Waals surface area contributed by atoms with Gasteiger partial charge < -0.3 is 13.9 Å². The zero-order valence-corrected chi connectivity index (χ0v) is 32.9. The molecular weight excluding hydrogens is 611 g/mol. The van der Waals surface area contributed by atoms with Gasteiger partial charge in [-0.1, -0.05) is 165 Å². The summed E-state index contributed by atoms with van der Waals surface area (Å²) < 4.78 is 20.0. The Morgan fingerprint density at radius 3 is 1.77 bits per heavy atom. The number of hydrogen-bond acceptors (Lipinski definition) is 4. The number of rotatable bonds is 18. The van der Waals surface area contributed by atoms with E-state index in [9.17, 15) is 4.79 Å². The van der Waals surface area contributed by atoms with Crippen LogP contribution in [0.2, 0.25) is 5.04 Å². The van der Waals surface area contributed by atoms with Gasteiger partial charge >= 0.3 is 6.09 Å². The number of ether oxygens (including phenoxy) is 2. The van der Waals surface area contributed by atoms with E-state index in [4.69, 9.17) is 13.9 Å². The summed E-state index contributed by atoms with van der Waals surface area (Å²) in [7, 11) is -2.93. The monoisotopic (exact) mass is 677 g/mol. The Labute approximate surface area is 295 Å². The summed E-state index contributed by atoms with van der Waals surface area (Å²) in [6.45, 7) is 19.2. The highest BCUT2D eigenvalue weighted by molar-refractivity contribution is 6.99. The lowest BCUT2D eigenvalue weighted by Crippen LogP contribution is -2.69. The average Bonchev–Trinajstić information content (AvgIpc) is 3.35. The summed E-state index contributed by atoms with van der Waals surface area (Å²) in [5, 5.41) is 2.23. The van der Waals surface area contributed by atoms with Crippen LogP contribution in [0.5, 0.6) is 0 Å². The third kappa shape index (κ3) is 11.3. The highest BCUT2D eigenvalue weighted by Gasteiger charge is 2.55. The van der Waals surface area contributed by atoms with Gasteiger partial charge in [0, 0.05) is 0 Å². The van der Waals surface area contributed by atoms with Gasteiger partial charge in [0.25, 0.3) is 8.32 Å². The van der Waals surface area contributed by atoms with Gasteiger partial charge in [0.05, 0.1) is 18.8 Å².